The fourth-order valence-electron chi connectivity index (χ4n) is 2.75. The zero-order valence-electron chi connectivity index (χ0n) is 11.7. The average Bonchev–Trinajstić information content (AvgIpc) is 2.43. The lowest BCUT2D eigenvalue weighted by molar-refractivity contribution is 0.183. The third-order valence-electron chi connectivity index (χ3n) is 3.68. The van der Waals surface area contributed by atoms with Gasteiger partial charge in [0.2, 0.25) is 0 Å². The summed E-state index contributed by atoms with van der Waals surface area (Å²) in [5, 5.41) is 3.47. The Labute approximate surface area is 123 Å². The Morgan fingerprint density at radius 3 is 2.84 bits per heavy atom. The topological polar surface area (TPSA) is 30.5 Å². The van der Waals surface area contributed by atoms with Crippen LogP contribution in [0.5, 0.6) is 5.75 Å². The lowest BCUT2D eigenvalue weighted by Gasteiger charge is -2.25. The molecule has 0 aromatic heterocycles. The van der Waals surface area contributed by atoms with Crippen molar-refractivity contribution in [1.29, 1.82) is 0 Å². The van der Waals surface area contributed by atoms with E-state index in [1.54, 1.807) is 14.2 Å². The molecular formula is C15H22BrNO2. The van der Waals surface area contributed by atoms with E-state index in [-0.39, 0.29) is 0 Å². The van der Waals surface area contributed by atoms with E-state index in [2.05, 4.69) is 27.3 Å². The molecule has 2 rings (SSSR count). The molecule has 1 aliphatic heterocycles. The fraction of sp³-hybridized carbons (Fsp3) is 0.600. The van der Waals surface area contributed by atoms with Gasteiger partial charge in [-0.2, -0.15) is 0 Å². The van der Waals surface area contributed by atoms with Crippen molar-refractivity contribution >= 4 is 15.9 Å². The van der Waals surface area contributed by atoms with Crippen molar-refractivity contribution in [2.24, 2.45) is 5.92 Å². The number of halogens is 1. The summed E-state index contributed by atoms with van der Waals surface area (Å²) >= 11 is 3.54. The molecular weight excluding hydrogens is 306 g/mol. The van der Waals surface area contributed by atoms with Crippen LogP contribution in [0.4, 0.5) is 0 Å². The Hall–Kier alpha value is -0.580. The Morgan fingerprint density at radius 1 is 1.37 bits per heavy atom. The normalized spacial score (nSPS) is 19.4. The van der Waals surface area contributed by atoms with Crippen molar-refractivity contribution in [3.8, 4) is 5.75 Å². The van der Waals surface area contributed by atoms with E-state index in [0.717, 1.165) is 29.7 Å². The summed E-state index contributed by atoms with van der Waals surface area (Å²) in [5.41, 5.74) is 2.51. The average molecular weight is 328 g/mol. The van der Waals surface area contributed by atoms with Gasteiger partial charge in [-0.25, -0.2) is 0 Å². The van der Waals surface area contributed by atoms with Gasteiger partial charge in [0.1, 0.15) is 5.75 Å². The Kier molecular flexibility index (Phi) is 5.67. The van der Waals surface area contributed by atoms with E-state index in [1.807, 2.05) is 6.07 Å². The molecule has 106 valence electrons. The molecule has 1 aliphatic rings. The molecule has 0 aliphatic carbocycles. The molecule has 1 fully saturated rings. The number of ether oxygens (including phenoxy) is 2. The van der Waals surface area contributed by atoms with Crippen LogP contribution in [0, 0.1) is 5.92 Å². The fourth-order valence-corrected chi connectivity index (χ4v) is 3.24. The second-order valence-corrected chi connectivity index (χ2v) is 6.01. The summed E-state index contributed by atoms with van der Waals surface area (Å²) in [6.45, 7) is 2.88. The minimum Gasteiger partial charge on any atom is -0.496 e. The number of hydrogen-bond acceptors (Lipinski definition) is 3. The smallest absolute Gasteiger partial charge is 0.123 e. The summed E-state index contributed by atoms with van der Waals surface area (Å²) < 4.78 is 11.9. The Balaban J connectivity index is 2.24. The van der Waals surface area contributed by atoms with Crippen molar-refractivity contribution in [2.75, 3.05) is 27.3 Å². The maximum Gasteiger partial charge on any atom is 0.123 e. The highest BCUT2D eigenvalue weighted by Gasteiger charge is 2.18. The van der Waals surface area contributed by atoms with Gasteiger partial charge in [-0.15, -0.1) is 0 Å². The first-order valence-electron chi connectivity index (χ1n) is 6.79. The van der Waals surface area contributed by atoms with E-state index in [9.17, 15) is 0 Å². The molecule has 3 nitrogen and oxygen atoms in total. The zero-order chi connectivity index (χ0) is 13.7. The summed E-state index contributed by atoms with van der Waals surface area (Å²) in [7, 11) is 3.47. The molecule has 1 heterocycles. The molecule has 0 spiro atoms. The van der Waals surface area contributed by atoms with Crippen molar-refractivity contribution in [2.45, 2.75) is 25.9 Å². The summed E-state index contributed by atoms with van der Waals surface area (Å²) in [4.78, 5) is 0. The van der Waals surface area contributed by atoms with Crippen LogP contribution in [-0.2, 0) is 17.8 Å². The van der Waals surface area contributed by atoms with Crippen LogP contribution in [-0.4, -0.2) is 27.3 Å². The molecule has 1 atom stereocenters. The number of piperidine rings is 1. The lowest BCUT2D eigenvalue weighted by atomic mass is 9.90. The minimum atomic E-state index is 0.630. The number of hydrogen-bond donors (Lipinski definition) is 1. The van der Waals surface area contributed by atoms with Gasteiger partial charge in [0.15, 0.2) is 0 Å². The molecule has 0 bridgehead atoms. The first kappa shape index (κ1) is 14.8. The second-order valence-electron chi connectivity index (χ2n) is 5.10. The molecule has 1 aromatic rings. The van der Waals surface area contributed by atoms with Gasteiger partial charge in [-0.05, 0) is 56.0 Å². The van der Waals surface area contributed by atoms with Crippen molar-refractivity contribution in [3.05, 3.63) is 27.7 Å². The number of benzene rings is 1. The summed E-state index contributed by atoms with van der Waals surface area (Å²) in [6, 6.07) is 4.18. The van der Waals surface area contributed by atoms with Gasteiger partial charge >= 0.3 is 0 Å². The van der Waals surface area contributed by atoms with E-state index in [4.69, 9.17) is 9.47 Å². The van der Waals surface area contributed by atoms with Crippen LogP contribution in [0.1, 0.15) is 24.0 Å². The largest absolute Gasteiger partial charge is 0.496 e. The second kappa shape index (κ2) is 7.27. The van der Waals surface area contributed by atoms with E-state index >= 15 is 0 Å². The van der Waals surface area contributed by atoms with E-state index in [0.29, 0.717) is 12.5 Å². The standard InChI is InChI=1S/C15H22BrNO2/c1-18-10-12-7-13(16)8-15(19-2)14(12)6-11-4-3-5-17-9-11/h7-8,11,17H,3-6,9-10H2,1-2H3. The molecule has 1 aromatic carbocycles. The molecule has 1 N–H and O–H groups in total. The molecule has 0 radical (unpaired) electrons. The maximum atomic E-state index is 5.55. The maximum absolute atomic E-state index is 5.55. The van der Waals surface area contributed by atoms with Crippen LogP contribution in [0.15, 0.2) is 16.6 Å². The van der Waals surface area contributed by atoms with Gasteiger partial charge < -0.3 is 14.8 Å². The van der Waals surface area contributed by atoms with Crippen molar-refractivity contribution < 1.29 is 9.47 Å². The highest BCUT2D eigenvalue weighted by molar-refractivity contribution is 9.10. The molecule has 4 heteroatoms. The molecule has 19 heavy (non-hydrogen) atoms. The molecule has 1 unspecified atom stereocenters. The highest BCUT2D eigenvalue weighted by Crippen LogP contribution is 2.31. The number of rotatable bonds is 5. The third-order valence-corrected chi connectivity index (χ3v) is 4.14. The monoisotopic (exact) mass is 327 g/mol. The third kappa shape index (κ3) is 3.94. The van der Waals surface area contributed by atoms with E-state index < -0.39 is 0 Å². The van der Waals surface area contributed by atoms with E-state index in [1.165, 1.54) is 24.0 Å². The molecule has 1 saturated heterocycles. The Morgan fingerprint density at radius 2 is 2.21 bits per heavy atom. The van der Waals surface area contributed by atoms with Crippen LogP contribution in [0.25, 0.3) is 0 Å². The summed E-state index contributed by atoms with van der Waals surface area (Å²) in [6.07, 6.45) is 3.61. The molecule has 0 saturated carbocycles. The predicted molar refractivity (Wildman–Crippen MR) is 80.7 cm³/mol. The van der Waals surface area contributed by atoms with Gasteiger partial charge in [0.25, 0.3) is 0 Å². The quantitative estimate of drug-likeness (QED) is 0.901. The molecule has 0 amide bonds. The first-order chi connectivity index (χ1) is 9.24. The van der Waals surface area contributed by atoms with Gasteiger partial charge in [0.05, 0.1) is 13.7 Å². The van der Waals surface area contributed by atoms with Crippen molar-refractivity contribution in [3.63, 3.8) is 0 Å². The van der Waals surface area contributed by atoms with Gasteiger partial charge in [-0.3, -0.25) is 0 Å². The van der Waals surface area contributed by atoms with Crippen molar-refractivity contribution in [1.82, 2.24) is 5.32 Å². The van der Waals surface area contributed by atoms with Crippen LogP contribution in [0.2, 0.25) is 0 Å². The number of nitrogens with one attached hydrogen (secondary N) is 1. The minimum absolute atomic E-state index is 0.630. The van der Waals surface area contributed by atoms with Crippen LogP contribution >= 0.6 is 15.9 Å². The Bertz CT molecular complexity index is 417. The SMILES string of the molecule is COCc1cc(Br)cc(OC)c1CC1CCCNC1. The first-order valence-corrected chi connectivity index (χ1v) is 7.58. The van der Waals surface area contributed by atoms with Gasteiger partial charge in [0, 0.05) is 17.1 Å². The van der Waals surface area contributed by atoms with Gasteiger partial charge in [-0.1, -0.05) is 15.9 Å². The number of methoxy groups -OCH3 is 2. The zero-order valence-corrected chi connectivity index (χ0v) is 13.3. The lowest BCUT2D eigenvalue weighted by Crippen LogP contribution is -2.31. The van der Waals surface area contributed by atoms with Crippen LogP contribution < -0.4 is 10.1 Å². The highest BCUT2D eigenvalue weighted by atomic mass is 79.9. The van der Waals surface area contributed by atoms with Crippen LogP contribution in [0.3, 0.4) is 0 Å². The summed E-state index contributed by atoms with van der Waals surface area (Å²) in [5.74, 6) is 1.66. The predicted octanol–water partition coefficient (Wildman–Crippen LogP) is 3.15.